The molecule has 2 N–H and O–H groups in total. The van der Waals surface area contributed by atoms with Gasteiger partial charge in [-0.05, 0) is 31.3 Å². The molecule has 0 aliphatic rings. The molecule has 0 aromatic carbocycles. The fourth-order valence-corrected chi connectivity index (χ4v) is 0.862. The average molecular weight is 158 g/mol. The monoisotopic (exact) mass is 158 g/mol. The Morgan fingerprint density at radius 2 is 1.91 bits per heavy atom. The van der Waals surface area contributed by atoms with Gasteiger partial charge in [0.2, 0.25) is 0 Å². The minimum atomic E-state index is -0.291. The highest BCUT2D eigenvalue weighted by molar-refractivity contribution is 4.76. The van der Waals surface area contributed by atoms with E-state index in [0.29, 0.717) is 12.3 Å². The third kappa shape index (κ3) is 7.40. The second-order valence-corrected chi connectivity index (χ2v) is 3.25. The van der Waals surface area contributed by atoms with E-state index < -0.39 is 0 Å². The molecule has 0 amide bonds. The standard InChI is InChI=1S/C9H18O2/c1-8(2)5-6-9(11)4-3-7-10/h3,7-11H,4-6H2,1-2H3. The summed E-state index contributed by atoms with van der Waals surface area (Å²) < 4.78 is 0. The van der Waals surface area contributed by atoms with Gasteiger partial charge in [-0.15, -0.1) is 0 Å². The minimum absolute atomic E-state index is 0.291. The second kappa shape index (κ2) is 6.23. The van der Waals surface area contributed by atoms with Crippen molar-refractivity contribution >= 4 is 0 Å². The van der Waals surface area contributed by atoms with E-state index in [4.69, 9.17) is 5.11 Å². The molecule has 66 valence electrons. The fourth-order valence-electron chi connectivity index (χ4n) is 0.862. The summed E-state index contributed by atoms with van der Waals surface area (Å²) in [4.78, 5) is 0. The van der Waals surface area contributed by atoms with Crippen molar-refractivity contribution in [1.29, 1.82) is 0 Å². The molecule has 1 atom stereocenters. The summed E-state index contributed by atoms with van der Waals surface area (Å²) >= 11 is 0. The van der Waals surface area contributed by atoms with E-state index in [1.165, 1.54) is 0 Å². The molecule has 0 heterocycles. The van der Waals surface area contributed by atoms with Crippen LogP contribution in [0, 0.1) is 5.92 Å². The van der Waals surface area contributed by atoms with Crippen molar-refractivity contribution in [2.75, 3.05) is 0 Å². The van der Waals surface area contributed by atoms with Gasteiger partial charge in [0.05, 0.1) is 12.4 Å². The summed E-state index contributed by atoms with van der Waals surface area (Å²) in [7, 11) is 0. The first-order valence-corrected chi connectivity index (χ1v) is 4.14. The van der Waals surface area contributed by atoms with Crippen LogP contribution >= 0.6 is 0 Å². The number of hydrogen-bond donors (Lipinski definition) is 2. The van der Waals surface area contributed by atoms with Crippen LogP contribution in [-0.2, 0) is 0 Å². The van der Waals surface area contributed by atoms with Crippen molar-refractivity contribution in [2.45, 2.75) is 39.2 Å². The van der Waals surface area contributed by atoms with Gasteiger partial charge in [0, 0.05) is 0 Å². The molecule has 11 heavy (non-hydrogen) atoms. The average Bonchev–Trinajstić information content (AvgIpc) is 1.97. The van der Waals surface area contributed by atoms with Crippen LogP contribution < -0.4 is 0 Å². The molecule has 0 aliphatic carbocycles. The molecule has 0 bridgehead atoms. The number of hydrogen-bond acceptors (Lipinski definition) is 2. The number of aliphatic hydroxyl groups excluding tert-OH is 2. The molecule has 0 fully saturated rings. The molecule has 0 aromatic rings. The summed E-state index contributed by atoms with van der Waals surface area (Å²) in [6.45, 7) is 4.27. The molecule has 0 rings (SSSR count). The zero-order chi connectivity index (χ0) is 8.69. The Labute approximate surface area is 68.6 Å². The molecule has 0 saturated heterocycles. The highest BCUT2D eigenvalue weighted by Crippen LogP contribution is 2.08. The van der Waals surface area contributed by atoms with Crippen LogP contribution in [0.3, 0.4) is 0 Å². The smallest absolute Gasteiger partial charge is 0.0752 e. The third-order valence-electron chi connectivity index (χ3n) is 1.59. The van der Waals surface area contributed by atoms with Gasteiger partial charge in [0.15, 0.2) is 0 Å². The molecule has 0 aliphatic heterocycles. The highest BCUT2D eigenvalue weighted by Gasteiger charge is 2.02. The van der Waals surface area contributed by atoms with E-state index >= 15 is 0 Å². The maximum absolute atomic E-state index is 9.27. The number of aliphatic hydroxyl groups is 2. The third-order valence-corrected chi connectivity index (χ3v) is 1.59. The molecule has 1 unspecified atom stereocenters. The fraction of sp³-hybridized carbons (Fsp3) is 0.778. The van der Waals surface area contributed by atoms with Crippen LogP contribution in [0.25, 0.3) is 0 Å². The van der Waals surface area contributed by atoms with Crippen LogP contribution in [0.1, 0.15) is 33.1 Å². The summed E-state index contributed by atoms with van der Waals surface area (Å²) in [5, 5.41) is 17.6. The van der Waals surface area contributed by atoms with E-state index in [-0.39, 0.29) is 6.10 Å². The first-order chi connectivity index (χ1) is 5.16. The Morgan fingerprint density at radius 3 is 2.36 bits per heavy atom. The SMILES string of the molecule is CC(C)CCC(O)CC=CO. The van der Waals surface area contributed by atoms with Crippen LogP contribution in [-0.4, -0.2) is 16.3 Å². The van der Waals surface area contributed by atoms with Crippen molar-refractivity contribution in [1.82, 2.24) is 0 Å². The largest absolute Gasteiger partial charge is 0.516 e. The zero-order valence-electron chi connectivity index (χ0n) is 7.33. The van der Waals surface area contributed by atoms with Crippen LogP contribution in [0.2, 0.25) is 0 Å². The van der Waals surface area contributed by atoms with E-state index in [1.807, 2.05) is 0 Å². The summed E-state index contributed by atoms with van der Waals surface area (Å²) in [5.41, 5.74) is 0. The quantitative estimate of drug-likeness (QED) is 0.602. The number of rotatable bonds is 5. The molecule has 0 aromatic heterocycles. The minimum Gasteiger partial charge on any atom is -0.516 e. The first kappa shape index (κ1) is 10.5. The highest BCUT2D eigenvalue weighted by atomic mass is 16.3. The van der Waals surface area contributed by atoms with E-state index in [9.17, 15) is 5.11 Å². The van der Waals surface area contributed by atoms with Gasteiger partial charge < -0.3 is 10.2 Å². The van der Waals surface area contributed by atoms with Crippen molar-refractivity contribution in [3.8, 4) is 0 Å². The van der Waals surface area contributed by atoms with Gasteiger partial charge in [-0.2, -0.15) is 0 Å². The van der Waals surface area contributed by atoms with Gasteiger partial charge >= 0.3 is 0 Å². The van der Waals surface area contributed by atoms with Crippen LogP contribution in [0.5, 0.6) is 0 Å². The Morgan fingerprint density at radius 1 is 1.27 bits per heavy atom. The van der Waals surface area contributed by atoms with E-state index in [0.717, 1.165) is 19.1 Å². The lowest BCUT2D eigenvalue weighted by Crippen LogP contribution is -2.06. The topological polar surface area (TPSA) is 40.5 Å². The molecule has 2 heteroatoms. The molecular weight excluding hydrogens is 140 g/mol. The summed E-state index contributed by atoms with van der Waals surface area (Å²) in [5.74, 6) is 0.641. The zero-order valence-corrected chi connectivity index (χ0v) is 7.33. The van der Waals surface area contributed by atoms with Crippen molar-refractivity contribution in [3.63, 3.8) is 0 Å². The Hall–Kier alpha value is -0.500. The van der Waals surface area contributed by atoms with Gasteiger partial charge in [-0.1, -0.05) is 13.8 Å². The van der Waals surface area contributed by atoms with Crippen LogP contribution in [0.15, 0.2) is 12.3 Å². The van der Waals surface area contributed by atoms with Gasteiger partial charge in [-0.25, -0.2) is 0 Å². The molecular formula is C9H18O2. The Kier molecular flexibility index (Phi) is 5.94. The maximum atomic E-state index is 9.27. The lowest BCUT2D eigenvalue weighted by Gasteiger charge is -2.08. The summed E-state index contributed by atoms with van der Waals surface area (Å²) in [6.07, 6.45) is 4.69. The van der Waals surface area contributed by atoms with Gasteiger partial charge in [0.1, 0.15) is 0 Å². The van der Waals surface area contributed by atoms with Gasteiger partial charge in [0.25, 0.3) is 0 Å². The Bertz CT molecular complexity index is 108. The van der Waals surface area contributed by atoms with E-state index in [2.05, 4.69) is 13.8 Å². The van der Waals surface area contributed by atoms with Crippen LogP contribution in [0.4, 0.5) is 0 Å². The molecule has 0 saturated carbocycles. The molecule has 2 nitrogen and oxygen atoms in total. The predicted octanol–water partition coefficient (Wildman–Crippen LogP) is 2.25. The Balaban J connectivity index is 3.29. The van der Waals surface area contributed by atoms with E-state index in [1.54, 1.807) is 6.08 Å². The predicted molar refractivity (Wildman–Crippen MR) is 46.5 cm³/mol. The first-order valence-electron chi connectivity index (χ1n) is 4.14. The van der Waals surface area contributed by atoms with Crippen molar-refractivity contribution in [2.24, 2.45) is 5.92 Å². The normalized spacial score (nSPS) is 14.5. The lowest BCUT2D eigenvalue weighted by atomic mass is 10.0. The lowest BCUT2D eigenvalue weighted by molar-refractivity contribution is 0.159. The summed E-state index contributed by atoms with van der Waals surface area (Å²) in [6, 6.07) is 0. The van der Waals surface area contributed by atoms with Gasteiger partial charge in [-0.3, -0.25) is 0 Å². The van der Waals surface area contributed by atoms with Crippen molar-refractivity contribution in [3.05, 3.63) is 12.3 Å². The molecule has 0 spiro atoms. The second-order valence-electron chi connectivity index (χ2n) is 3.25. The maximum Gasteiger partial charge on any atom is 0.0752 e. The molecule has 0 radical (unpaired) electrons. The van der Waals surface area contributed by atoms with Crippen molar-refractivity contribution < 1.29 is 10.2 Å².